The molecule has 2 fully saturated rings. The molecule has 0 spiro atoms. The number of alkyl halides is 1. The van der Waals surface area contributed by atoms with Gasteiger partial charge in [0.25, 0.3) is 0 Å². The van der Waals surface area contributed by atoms with E-state index < -0.39 is 0 Å². The molecule has 2 aliphatic rings. The standard InChI is InChI=1S/C11H17ClO/c1-10(2)8-4-5-11(10,3)9(13)7(8)6-12/h7-8H,4-6H2,1-3H3/t7?,8-,11+/m1/s1. The third-order valence-corrected chi connectivity index (χ3v) is 5.17. The summed E-state index contributed by atoms with van der Waals surface area (Å²) in [5, 5.41) is 0. The zero-order valence-corrected chi connectivity index (χ0v) is 9.32. The number of rotatable bonds is 1. The van der Waals surface area contributed by atoms with E-state index >= 15 is 0 Å². The second kappa shape index (κ2) is 2.50. The van der Waals surface area contributed by atoms with Gasteiger partial charge in [0.2, 0.25) is 0 Å². The van der Waals surface area contributed by atoms with Crippen LogP contribution in [-0.4, -0.2) is 11.7 Å². The number of carbonyl (C=O) groups excluding carboxylic acids is 1. The van der Waals surface area contributed by atoms with Crippen LogP contribution in [0.5, 0.6) is 0 Å². The molecule has 0 amide bonds. The molecule has 0 aromatic carbocycles. The fraction of sp³-hybridized carbons (Fsp3) is 0.909. The third kappa shape index (κ3) is 0.869. The van der Waals surface area contributed by atoms with Crippen LogP contribution in [0, 0.1) is 22.7 Å². The highest BCUT2D eigenvalue weighted by Gasteiger charge is 2.65. The molecular formula is C11H17ClO. The van der Waals surface area contributed by atoms with Gasteiger partial charge in [0.15, 0.2) is 0 Å². The molecule has 0 aromatic heterocycles. The molecule has 0 heterocycles. The summed E-state index contributed by atoms with van der Waals surface area (Å²) >= 11 is 5.87. The maximum Gasteiger partial charge on any atom is 0.143 e. The molecule has 0 N–H and O–H groups in total. The zero-order chi connectivity index (χ0) is 9.85. The van der Waals surface area contributed by atoms with Gasteiger partial charge in [0.05, 0.1) is 0 Å². The van der Waals surface area contributed by atoms with E-state index in [0.717, 1.165) is 6.42 Å². The monoisotopic (exact) mass is 200 g/mol. The molecule has 1 unspecified atom stereocenters. The van der Waals surface area contributed by atoms with E-state index in [9.17, 15) is 4.79 Å². The van der Waals surface area contributed by atoms with Crippen molar-refractivity contribution in [3.63, 3.8) is 0 Å². The van der Waals surface area contributed by atoms with Gasteiger partial charge in [-0.25, -0.2) is 0 Å². The molecule has 2 saturated carbocycles. The van der Waals surface area contributed by atoms with Crippen LogP contribution in [0.2, 0.25) is 0 Å². The van der Waals surface area contributed by atoms with Gasteiger partial charge in [-0.05, 0) is 24.2 Å². The minimum atomic E-state index is -0.0861. The van der Waals surface area contributed by atoms with E-state index in [1.807, 2.05) is 0 Å². The Balaban J connectivity index is 2.44. The second-order valence-electron chi connectivity index (χ2n) is 5.32. The van der Waals surface area contributed by atoms with Gasteiger partial charge in [-0.15, -0.1) is 11.6 Å². The van der Waals surface area contributed by atoms with Gasteiger partial charge >= 0.3 is 0 Å². The van der Waals surface area contributed by atoms with Crippen LogP contribution >= 0.6 is 11.6 Å². The Morgan fingerprint density at radius 2 is 2.08 bits per heavy atom. The predicted molar refractivity (Wildman–Crippen MR) is 53.8 cm³/mol. The summed E-state index contributed by atoms with van der Waals surface area (Å²) in [6.07, 6.45) is 2.25. The van der Waals surface area contributed by atoms with Crippen LogP contribution < -0.4 is 0 Å². The Morgan fingerprint density at radius 3 is 2.38 bits per heavy atom. The SMILES string of the molecule is CC1(C)[C@@H]2CC[C@@]1(C)C(=O)C2CCl. The van der Waals surface area contributed by atoms with Crippen LogP contribution in [-0.2, 0) is 4.79 Å². The van der Waals surface area contributed by atoms with E-state index in [-0.39, 0.29) is 16.7 Å². The van der Waals surface area contributed by atoms with Crippen molar-refractivity contribution in [2.24, 2.45) is 22.7 Å². The molecule has 0 aromatic rings. The molecule has 3 atom stereocenters. The lowest BCUT2D eigenvalue weighted by atomic mass is 9.70. The molecule has 74 valence electrons. The Labute approximate surface area is 84.8 Å². The van der Waals surface area contributed by atoms with Gasteiger partial charge in [-0.2, -0.15) is 0 Å². The topological polar surface area (TPSA) is 17.1 Å². The molecule has 2 heteroatoms. The molecule has 2 bridgehead atoms. The molecule has 2 rings (SSSR count). The summed E-state index contributed by atoms with van der Waals surface area (Å²) in [4.78, 5) is 12.1. The number of hydrogen-bond donors (Lipinski definition) is 0. The number of ketones is 1. The number of halogens is 1. The van der Waals surface area contributed by atoms with Gasteiger partial charge in [-0.3, -0.25) is 4.79 Å². The van der Waals surface area contributed by atoms with Crippen LogP contribution in [0.4, 0.5) is 0 Å². The van der Waals surface area contributed by atoms with Crippen LogP contribution in [0.1, 0.15) is 33.6 Å². The molecule has 1 nitrogen and oxygen atoms in total. The fourth-order valence-electron chi connectivity index (χ4n) is 3.45. The van der Waals surface area contributed by atoms with Crippen molar-refractivity contribution in [1.29, 1.82) is 0 Å². The number of hydrogen-bond acceptors (Lipinski definition) is 1. The Bertz CT molecular complexity index is 259. The third-order valence-electron chi connectivity index (χ3n) is 4.84. The quantitative estimate of drug-likeness (QED) is 0.595. The summed E-state index contributed by atoms with van der Waals surface area (Å²) in [6, 6.07) is 0. The minimum Gasteiger partial charge on any atom is -0.299 e. The van der Waals surface area contributed by atoms with E-state index in [0.29, 0.717) is 17.6 Å². The first-order chi connectivity index (χ1) is 5.95. The van der Waals surface area contributed by atoms with Crippen molar-refractivity contribution in [2.75, 3.05) is 5.88 Å². The zero-order valence-electron chi connectivity index (χ0n) is 8.56. The van der Waals surface area contributed by atoms with Crippen LogP contribution in [0.3, 0.4) is 0 Å². The van der Waals surface area contributed by atoms with E-state index in [2.05, 4.69) is 20.8 Å². The van der Waals surface area contributed by atoms with Crippen molar-refractivity contribution in [3.05, 3.63) is 0 Å². The first-order valence-corrected chi connectivity index (χ1v) is 5.59. The summed E-state index contributed by atoms with van der Waals surface area (Å²) in [5.74, 6) is 1.60. The van der Waals surface area contributed by atoms with Crippen molar-refractivity contribution >= 4 is 17.4 Å². The smallest absolute Gasteiger partial charge is 0.143 e. The largest absolute Gasteiger partial charge is 0.299 e. The number of Topliss-reactive ketones (excluding diaryl/α,β-unsaturated/α-hetero) is 1. The average Bonchev–Trinajstić information content (AvgIpc) is 2.36. The minimum absolute atomic E-state index is 0.0861. The van der Waals surface area contributed by atoms with Gasteiger partial charge in [0, 0.05) is 17.2 Å². The highest BCUT2D eigenvalue weighted by atomic mass is 35.5. The lowest BCUT2D eigenvalue weighted by Crippen LogP contribution is -2.33. The summed E-state index contributed by atoms with van der Waals surface area (Å²) < 4.78 is 0. The summed E-state index contributed by atoms with van der Waals surface area (Å²) in [7, 11) is 0. The van der Waals surface area contributed by atoms with E-state index in [1.165, 1.54) is 6.42 Å². The Hall–Kier alpha value is -0.0400. The fourth-order valence-corrected chi connectivity index (χ4v) is 3.81. The molecule has 0 radical (unpaired) electrons. The summed E-state index contributed by atoms with van der Waals surface area (Å²) in [6.45, 7) is 6.59. The maximum absolute atomic E-state index is 12.1. The van der Waals surface area contributed by atoms with Crippen molar-refractivity contribution in [2.45, 2.75) is 33.6 Å². The molecule has 0 aliphatic heterocycles. The molecule has 13 heavy (non-hydrogen) atoms. The first-order valence-electron chi connectivity index (χ1n) is 5.05. The van der Waals surface area contributed by atoms with Gasteiger partial charge in [0.1, 0.15) is 5.78 Å². The van der Waals surface area contributed by atoms with Gasteiger partial charge in [-0.1, -0.05) is 20.8 Å². The highest BCUT2D eigenvalue weighted by Crippen LogP contribution is 2.65. The van der Waals surface area contributed by atoms with E-state index in [4.69, 9.17) is 11.6 Å². The predicted octanol–water partition coefficient (Wildman–Crippen LogP) is 2.87. The Kier molecular flexibility index (Phi) is 1.83. The van der Waals surface area contributed by atoms with Gasteiger partial charge < -0.3 is 0 Å². The molecule has 0 saturated heterocycles. The average molecular weight is 201 g/mol. The summed E-state index contributed by atoms with van der Waals surface area (Å²) in [5.41, 5.74) is 0.0842. The van der Waals surface area contributed by atoms with Crippen molar-refractivity contribution in [3.8, 4) is 0 Å². The number of carbonyl (C=O) groups is 1. The van der Waals surface area contributed by atoms with Crippen LogP contribution in [0.25, 0.3) is 0 Å². The molecular weight excluding hydrogens is 184 g/mol. The van der Waals surface area contributed by atoms with Crippen LogP contribution in [0.15, 0.2) is 0 Å². The highest BCUT2D eigenvalue weighted by molar-refractivity contribution is 6.20. The lowest BCUT2D eigenvalue weighted by Gasteiger charge is -2.32. The van der Waals surface area contributed by atoms with E-state index in [1.54, 1.807) is 0 Å². The Morgan fingerprint density at radius 1 is 1.46 bits per heavy atom. The second-order valence-corrected chi connectivity index (χ2v) is 5.63. The van der Waals surface area contributed by atoms with Crippen molar-refractivity contribution < 1.29 is 4.79 Å². The normalized spacial score (nSPS) is 47.2. The molecule has 2 aliphatic carbocycles. The number of fused-ring (bicyclic) bond motifs is 2. The lowest BCUT2D eigenvalue weighted by molar-refractivity contribution is -0.131. The maximum atomic E-state index is 12.1. The van der Waals surface area contributed by atoms with Crippen molar-refractivity contribution in [1.82, 2.24) is 0 Å². The first kappa shape index (κ1) is 9.51.